The summed E-state index contributed by atoms with van der Waals surface area (Å²) in [6, 6.07) is 2.88. The minimum absolute atomic E-state index is 0.0762. The largest absolute Gasteiger partial charge is 0.496 e. The van der Waals surface area contributed by atoms with Gasteiger partial charge in [-0.3, -0.25) is 0 Å². The number of aryl methyl sites for hydroxylation is 2. The summed E-state index contributed by atoms with van der Waals surface area (Å²) in [4.78, 5) is 3.49. The lowest BCUT2D eigenvalue weighted by Gasteiger charge is -2.11. The fourth-order valence-electron chi connectivity index (χ4n) is 2.05. The molecule has 2 rings (SSSR count). The lowest BCUT2D eigenvalue weighted by molar-refractivity contribution is -0.140. The van der Waals surface area contributed by atoms with Gasteiger partial charge in [0.15, 0.2) is 5.69 Å². The minimum Gasteiger partial charge on any atom is -0.496 e. The first-order valence-electron chi connectivity index (χ1n) is 6.25. The number of hydrogen-bond donors (Lipinski definition) is 0. The first-order valence-corrected chi connectivity index (χ1v) is 6.25. The molecule has 0 bridgehead atoms. The van der Waals surface area contributed by atoms with Crippen molar-refractivity contribution in [2.75, 3.05) is 7.11 Å². The number of benzene rings is 1. The average molecular weight is 302 g/mol. The number of imidazole rings is 1. The standard InChI is InChI=1S/C14H14F4N2O/c1-4-8-5-9(15)12(10(6-8)21-3)13-19-11(7-20(13)2)14(16,17)18/h5-7H,4H2,1-3H3. The van der Waals surface area contributed by atoms with E-state index in [1.165, 1.54) is 20.2 Å². The van der Waals surface area contributed by atoms with Crippen LogP contribution in [-0.4, -0.2) is 16.7 Å². The van der Waals surface area contributed by atoms with E-state index in [1.54, 1.807) is 6.07 Å². The van der Waals surface area contributed by atoms with E-state index in [9.17, 15) is 17.6 Å². The van der Waals surface area contributed by atoms with Gasteiger partial charge in [0.1, 0.15) is 17.4 Å². The number of halogens is 4. The second-order valence-electron chi connectivity index (χ2n) is 4.57. The van der Waals surface area contributed by atoms with Crippen LogP contribution in [0.3, 0.4) is 0 Å². The molecule has 3 nitrogen and oxygen atoms in total. The number of aromatic nitrogens is 2. The monoisotopic (exact) mass is 302 g/mol. The summed E-state index contributed by atoms with van der Waals surface area (Å²) in [7, 11) is 2.72. The molecule has 0 N–H and O–H groups in total. The molecule has 0 atom stereocenters. The van der Waals surface area contributed by atoms with Crippen LogP contribution in [0.1, 0.15) is 18.2 Å². The van der Waals surface area contributed by atoms with E-state index < -0.39 is 17.7 Å². The zero-order valence-electron chi connectivity index (χ0n) is 11.8. The molecule has 0 fully saturated rings. The lowest BCUT2D eigenvalue weighted by Crippen LogP contribution is -2.05. The second-order valence-corrected chi connectivity index (χ2v) is 4.57. The molecule has 7 heteroatoms. The van der Waals surface area contributed by atoms with E-state index in [0.29, 0.717) is 12.0 Å². The Labute approximate surface area is 119 Å². The summed E-state index contributed by atoms with van der Waals surface area (Å²) in [6.07, 6.45) is -3.17. The maximum absolute atomic E-state index is 14.2. The minimum atomic E-state index is -4.58. The quantitative estimate of drug-likeness (QED) is 0.806. The predicted octanol–water partition coefficient (Wildman–Crippen LogP) is 3.82. The summed E-state index contributed by atoms with van der Waals surface area (Å²) in [5.41, 5.74) is -0.452. The third-order valence-electron chi connectivity index (χ3n) is 3.13. The zero-order chi connectivity index (χ0) is 15.8. The molecule has 0 amide bonds. The van der Waals surface area contributed by atoms with E-state index >= 15 is 0 Å². The summed E-state index contributed by atoms with van der Waals surface area (Å²) in [6.45, 7) is 1.84. The molecule has 0 aliphatic rings. The number of methoxy groups -OCH3 is 1. The summed E-state index contributed by atoms with van der Waals surface area (Å²) in [5, 5.41) is 0. The van der Waals surface area contributed by atoms with Crippen LogP contribution in [0.15, 0.2) is 18.3 Å². The second kappa shape index (κ2) is 5.38. The van der Waals surface area contributed by atoms with Crippen LogP contribution < -0.4 is 4.74 Å². The van der Waals surface area contributed by atoms with E-state index in [4.69, 9.17) is 4.74 Å². The SMILES string of the molecule is CCc1cc(F)c(-c2nc(C(F)(F)F)cn2C)c(OC)c1. The van der Waals surface area contributed by atoms with Gasteiger partial charge in [0.2, 0.25) is 0 Å². The van der Waals surface area contributed by atoms with E-state index in [0.717, 1.165) is 10.8 Å². The number of ether oxygens (including phenoxy) is 1. The first-order chi connectivity index (χ1) is 9.77. The third-order valence-corrected chi connectivity index (χ3v) is 3.13. The van der Waals surface area contributed by atoms with Gasteiger partial charge < -0.3 is 9.30 Å². The highest BCUT2D eigenvalue weighted by Gasteiger charge is 2.35. The van der Waals surface area contributed by atoms with E-state index in [-0.39, 0.29) is 17.1 Å². The van der Waals surface area contributed by atoms with E-state index in [2.05, 4.69) is 4.98 Å². The Morgan fingerprint density at radius 3 is 2.43 bits per heavy atom. The molecule has 114 valence electrons. The molecule has 0 aliphatic carbocycles. The van der Waals surface area contributed by atoms with Crippen molar-refractivity contribution in [1.29, 1.82) is 0 Å². The number of rotatable bonds is 3. The molecule has 0 saturated carbocycles. The van der Waals surface area contributed by atoms with Crippen LogP contribution in [0.25, 0.3) is 11.4 Å². The van der Waals surface area contributed by atoms with Crippen molar-refractivity contribution in [1.82, 2.24) is 9.55 Å². The lowest BCUT2D eigenvalue weighted by atomic mass is 10.1. The Morgan fingerprint density at radius 1 is 1.29 bits per heavy atom. The highest BCUT2D eigenvalue weighted by Crippen LogP contribution is 2.36. The van der Waals surface area contributed by atoms with Crippen molar-refractivity contribution < 1.29 is 22.3 Å². The smallest absolute Gasteiger partial charge is 0.434 e. The Balaban J connectivity index is 2.64. The van der Waals surface area contributed by atoms with Crippen molar-refractivity contribution in [3.05, 3.63) is 35.4 Å². The average Bonchev–Trinajstić information content (AvgIpc) is 2.79. The fourth-order valence-corrected chi connectivity index (χ4v) is 2.05. The topological polar surface area (TPSA) is 27.1 Å². The maximum atomic E-state index is 14.2. The van der Waals surface area contributed by atoms with Crippen LogP contribution in [0.2, 0.25) is 0 Å². The first kappa shape index (κ1) is 15.3. The number of nitrogens with zero attached hydrogens (tertiary/aromatic N) is 2. The van der Waals surface area contributed by atoms with Crippen LogP contribution in [0, 0.1) is 5.82 Å². The number of alkyl halides is 3. The van der Waals surface area contributed by atoms with Gasteiger partial charge in [0, 0.05) is 13.2 Å². The predicted molar refractivity (Wildman–Crippen MR) is 69.5 cm³/mol. The van der Waals surface area contributed by atoms with Crippen molar-refractivity contribution in [3.63, 3.8) is 0 Å². The molecular weight excluding hydrogens is 288 g/mol. The Kier molecular flexibility index (Phi) is 3.93. The van der Waals surface area contributed by atoms with Gasteiger partial charge >= 0.3 is 6.18 Å². The van der Waals surface area contributed by atoms with Gasteiger partial charge in [0.05, 0.1) is 12.7 Å². The molecule has 1 heterocycles. The molecule has 1 aromatic heterocycles. The van der Waals surface area contributed by atoms with Crippen LogP contribution in [-0.2, 0) is 19.6 Å². The molecular formula is C14H14F4N2O. The Hall–Kier alpha value is -2.05. The van der Waals surface area contributed by atoms with Gasteiger partial charge in [-0.1, -0.05) is 6.92 Å². The van der Waals surface area contributed by atoms with Gasteiger partial charge in [-0.05, 0) is 24.1 Å². The molecule has 21 heavy (non-hydrogen) atoms. The number of hydrogen-bond acceptors (Lipinski definition) is 2. The molecule has 0 unspecified atom stereocenters. The van der Waals surface area contributed by atoms with Crippen molar-refractivity contribution >= 4 is 0 Å². The maximum Gasteiger partial charge on any atom is 0.434 e. The molecule has 0 aliphatic heterocycles. The summed E-state index contributed by atoms with van der Waals surface area (Å²) >= 11 is 0. The molecule has 0 radical (unpaired) electrons. The van der Waals surface area contributed by atoms with Gasteiger partial charge in [-0.15, -0.1) is 0 Å². The van der Waals surface area contributed by atoms with Gasteiger partial charge in [-0.25, -0.2) is 9.37 Å². The molecule has 0 saturated heterocycles. The van der Waals surface area contributed by atoms with Gasteiger partial charge in [-0.2, -0.15) is 13.2 Å². The van der Waals surface area contributed by atoms with E-state index in [1.807, 2.05) is 6.92 Å². The van der Waals surface area contributed by atoms with Crippen molar-refractivity contribution in [2.45, 2.75) is 19.5 Å². The van der Waals surface area contributed by atoms with Crippen molar-refractivity contribution in [2.24, 2.45) is 7.05 Å². The summed E-state index contributed by atoms with van der Waals surface area (Å²) in [5.74, 6) is -0.623. The van der Waals surface area contributed by atoms with Gasteiger partial charge in [0.25, 0.3) is 0 Å². The van der Waals surface area contributed by atoms with Crippen LogP contribution >= 0.6 is 0 Å². The molecule has 2 aromatic rings. The molecule has 0 spiro atoms. The van der Waals surface area contributed by atoms with Crippen LogP contribution in [0.4, 0.5) is 17.6 Å². The normalized spacial score (nSPS) is 11.8. The highest BCUT2D eigenvalue weighted by atomic mass is 19.4. The van der Waals surface area contributed by atoms with Crippen LogP contribution in [0.5, 0.6) is 5.75 Å². The molecule has 1 aromatic carbocycles. The van der Waals surface area contributed by atoms with Crippen molar-refractivity contribution in [3.8, 4) is 17.1 Å². The highest BCUT2D eigenvalue weighted by molar-refractivity contribution is 5.66. The zero-order valence-corrected chi connectivity index (χ0v) is 11.8. The summed E-state index contributed by atoms with van der Waals surface area (Å²) < 4.78 is 58.6. The Morgan fingerprint density at radius 2 is 1.95 bits per heavy atom. The Bertz CT molecular complexity index is 662. The third kappa shape index (κ3) is 2.86. The fraction of sp³-hybridized carbons (Fsp3) is 0.357.